The molecular weight excluding hydrogens is 477 g/mol. The molecule has 0 spiro atoms. The van der Waals surface area contributed by atoms with E-state index in [1.807, 2.05) is 6.92 Å². The molecule has 1 amide bonds. The van der Waals surface area contributed by atoms with Crippen molar-refractivity contribution in [2.75, 3.05) is 17.2 Å². The maximum Gasteiger partial charge on any atom is 0.408 e. The molecular formula is C23H23F3N8O2. The van der Waals surface area contributed by atoms with Crippen LogP contribution in [0, 0.1) is 0 Å². The van der Waals surface area contributed by atoms with Gasteiger partial charge in [-0.1, -0.05) is 0 Å². The van der Waals surface area contributed by atoms with Gasteiger partial charge in [0.25, 0.3) is 5.91 Å². The Labute approximate surface area is 203 Å². The summed E-state index contributed by atoms with van der Waals surface area (Å²) in [6, 6.07) is 6.36. The van der Waals surface area contributed by atoms with Crippen molar-refractivity contribution in [3.05, 3.63) is 43.0 Å². The predicted molar refractivity (Wildman–Crippen MR) is 125 cm³/mol. The first-order valence-electron chi connectivity index (χ1n) is 11.1. The summed E-state index contributed by atoms with van der Waals surface area (Å²) in [4.78, 5) is 23.1. The van der Waals surface area contributed by atoms with Gasteiger partial charge in [0.1, 0.15) is 29.8 Å². The molecule has 1 atom stereocenters. The normalized spacial score (nSPS) is 18.2. The Morgan fingerprint density at radius 2 is 1.92 bits per heavy atom. The number of anilines is 2. The first-order valence-corrected chi connectivity index (χ1v) is 11.1. The quantitative estimate of drug-likeness (QED) is 0.457. The first-order chi connectivity index (χ1) is 17.0. The fourth-order valence-corrected chi connectivity index (χ4v) is 4.32. The van der Waals surface area contributed by atoms with Crippen molar-refractivity contribution in [2.24, 2.45) is 0 Å². The molecule has 4 aromatic rings. The number of fused-ring (bicyclic) bond motifs is 1. The third-order valence-corrected chi connectivity index (χ3v) is 6.05. The van der Waals surface area contributed by atoms with Gasteiger partial charge in [0.05, 0.1) is 24.0 Å². The van der Waals surface area contributed by atoms with E-state index in [1.54, 1.807) is 43.1 Å². The smallest absolute Gasteiger partial charge is 0.382 e. The lowest BCUT2D eigenvalue weighted by atomic mass is 10.0. The van der Waals surface area contributed by atoms with Gasteiger partial charge in [0.2, 0.25) is 0 Å². The molecule has 0 aromatic carbocycles. The van der Waals surface area contributed by atoms with Gasteiger partial charge in [0, 0.05) is 23.5 Å². The van der Waals surface area contributed by atoms with E-state index in [0.717, 1.165) is 4.68 Å². The van der Waals surface area contributed by atoms with Crippen molar-refractivity contribution in [1.82, 2.24) is 29.4 Å². The van der Waals surface area contributed by atoms with Crippen molar-refractivity contribution in [2.45, 2.75) is 45.1 Å². The second kappa shape index (κ2) is 8.29. The van der Waals surface area contributed by atoms with Crippen LogP contribution in [0.1, 0.15) is 20.8 Å². The van der Waals surface area contributed by atoms with Gasteiger partial charge in [-0.2, -0.15) is 23.4 Å². The second-order valence-corrected chi connectivity index (χ2v) is 9.09. The number of nitrogens with zero attached hydrogens (tertiary/aromatic N) is 7. The van der Waals surface area contributed by atoms with Crippen LogP contribution in [0.25, 0.3) is 28.0 Å². The number of pyridine rings is 1. The topological polar surface area (TPSA) is 116 Å². The number of amides is 1. The summed E-state index contributed by atoms with van der Waals surface area (Å²) < 4.78 is 47.5. The zero-order valence-corrected chi connectivity index (χ0v) is 19.7. The number of nitrogen functional groups attached to an aromatic ring is 1. The molecule has 10 nitrogen and oxygen atoms in total. The average molecular weight is 500 g/mol. The fraction of sp³-hybridized carbons (Fsp3) is 0.348. The van der Waals surface area contributed by atoms with Crippen molar-refractivity contribution in [1.29, 1.82) is 0 Å². The zero-order valence-electron chi connectivity index (χ0n) is 19.7. The molecule has 2 N–H and O–H groups in total. The van der Waals surface area contributed by atoms with Crippen molar-refractivity contribution < 1.29 is 22.7 Å². The monoisotopic (exact) mass is 500 g/mol. The lowest BCUT2D eigenvalue weighted by Crippen LogP contribution is -2.58. The van der Waals surface area contributed by atoms with E-state index in [1.165, 1.54) is 23.1 Å². The molecule has 4 aromatic heterocycles. The van der Waals surface area contributed by atoms with E-state index in [9.17, 15) is 18.0 Å². The lowest BCUT2D eigenvalue weighted by Gasteiger charge is -2.40. The van der Waals surface area contributed by atoms with Crippen LogP contribution in [0.2, 0.25) is 0 Å². The highest BCUT2D eigenvalue weighted by Crippen LogP contribution is 2.36. The Morgan fingerprint density at radius 1 is 1.14 bits per heavy atom. The molecule has 5 rings (SSSR count). The Kier molecular flexibility index (Phi) is 5.47. The van der Waals surface area contributed by atoms with E-state index in [-0.39, 0.29) is 23.5 Å². The second-order valence-electron chi connectivity index (χ2n) is 9.09. The van der Waals surface area contributed by atoms with E-state index in [2.05, 4.69) is 20.2 Å². The zero-order chi connectivity index (χ0) is 25.8. The Balaban J connectivity index is 1.65. The number of carbonyl (C=O) groups is 1. The summed E-state index contributed by atoms with van der Waals surface area (Å²) in [7, 11) is 0. The van der Waals surface area contributed by atoms with Crippen molar-refractivity contribution in [3.8, 4) is 22.5 Å². The molecule has 1 aliphatic rings. The number of rotatable bonds is 4. The summed E-state index contributed by atoms with van der Waals surface area (Å²) in [5.74, 6) is 0.287. The summed E-state index contributed by atoms with van der Waals surface area (Å²) in [6.07, 6.45) is -0.343. The summed E-state index contributed by atoms with van der Waals surface area (Å²) in [6.45, 7) is 4.35. The fourth-order valence-electron chi connectivity index (χ4n) is 4.32. The van der Waals surface area contributed by atoms with Crippen LogP contribution in [0.4, 0.5) is 24.8 Å². The molecule has 188 valence electrons. The van der Waals surface area contributed by atoms with Crippen LogP contribution in [-0.2, 0) is 16.1 Å². The number of halogens is 3. The minimum atomic E-state index is -4.46. The highest BCUT2D eigenvalue weighted by atomic mass is 19.4. The number of morpholine rings is 1. The maximum absolute atomic E-state index is 13.2. The molecule has 1 saturated heterocycles. The molecule has 36 heavy (non-hydrogen) atoms. The van der Waals surface area contributed by atoms with Crippen LogP contribution in [0.3, 0.4) is 0 Å². The molecule has 5 heterocycles. The number of aromatic nitrogens is 6. The standard InChI is InChI=1S/C23H23F3N8O2/c1-13-10-36-22(2,3)21(35)33(13)18-8-14(4-6-28-18)17-9-15(19-20(27)29-12-31-34(17)19)16-5-7-30-32(16)11-23(24,25)26/h4-9,12-13H,10-11H2,1-3H3,(H2,27,29,31). The van der Waals surface area contributed by atoms with E-state index < -0.39 is 18.3 Å². The third kappa shape index (κ3) is 4.04. The molecule has 1 aliphatic heterocycles. The molecule has 0 bridgehead atoms. The van der Waals surface area contributed by atoms with Gasteiger partial charge in [0.15, 0.2) is 5.82 Å². The van der Waals surface area contributed by atoms with Crippen molar-refractivity contribution in [3.63, 3.8) is 0 Å². The SMILES string of the molecule is CC1COC(C)(C)C(=O)N1c1cc(-c2cc(-c3ccnn3CC(F)(F)F)c3c(N)ncnn23)ccn1. The van der Waals surface area contributed by atoms with E-state index >= 15 is 0 Å². The number of carbonyl (C=O) groups excluding carboxylic acids is 1. The molecule has 0 aliphatic carbocycles. The highest BCUT2D eigenvalue weighted by molar-refractivity contribution is 6.00. The number of nitrogens with two attached hydrogens (primary N) is 1. The van der Waals surface area contributed by atoms with Gasteiger partial charge in [-0.15, -0.1) is 0 Å². The number of ether oxygens (including phenoxy) is 1. The minimum Gasteiger partial charge on any atom is -0.382 e. The minimum absolute atomic E-state index is 0.0963. The Hall–Kier alpha value is -4.00. The third-order valence-electron chi connectivity index (χ3n) is 6.05. The molecule has 0 radical (unpaired) electrons. The van der Waals surface area contributed by atoms with Crippen LogP contribution in [0.15, 0.2) is 43.0 Å². The molecule has 1 fully saturated rings. The summed E-state index contributed by atoms with van der Waals surface area (Å²) in [5.41, 5.74) is 7.24. The molecule has 13 heteroatoms. The first kappa shape index (κ1) is 23.7. The Morgan fingerprint density at radius 3 is 2.67 bits per heavy atom. The Bertz CT molecular complexity index is 1460. The van der Waals surface area contributed by atoms with Gasteiger partial charge >= 0.3 is 6.18 Å². The van der Waals surface area contributed by atoms with Gasteiger partial charge in [-0.25, -0.2) is 14.5 Å². The summed E-state index contributed by atoms with van der Waals surface area (Å²) >= 11 is 0. The van der Waals surface area contributed by atoms with Crippen LogP contribution < -0.4 is 10.6 Å². The highest BCUT2D eigenvalue weighted by Gasteiger charge is 2.41. The predicted octanol–water partition coefficient (Wildman–Crippen LogP) is 3.33. The van der Waals surface area contributed by atoms with E-state index in [4.69, 9.17) is 10.5 Å². The van der Waals surface area contributed by atoms with Crippen molar-refractivity contribution >= 4 is 23.1 Å². The lowest BCUT2D eigenvalue weighted by molar-refractivity contribution is -0.147. The van der Waals surface area contributed by atoms with Crippen LogP contribution >= 0.6 is 0 Å². The van der Waals surface area contributed by atoms with Gasteiger partial charge in [-0.05, 0) is 45.0 Å². The summed E-state index contributed by atoms with van der Waals surface area (Å²) in [5, 5.41) is 8.14. The van der Waals surface area contributed by atoms with Crippen LogP contribution in [-0.4, -0.2) is 59.7 Å². The maximum atomic E-state index is 13.2. The van der Waals surface area contributed by atoms with E-state index in [0.29, 0.717) is 34.8 Å². The van der Waals surface area contributed by atoms with Crippen LogP contribution in [0.5, 0.6) is 0 Å². The largest absolute Gasteiger partial charge is 0.408 e. The molecule has 1 unspecified atom stereocenters. The van der Waals surface area contributed by atoms with Gasteiger partial charge < -0.3 is 10.5 Å². The van der Waals surface area contributed by atoms with Gasteiger partial charge in [-0.3, -0.25) is 14.4 Å². The number of hydrogen-bond donors (Lipinski definition) is 1. The molecule has 0 saturated carbocycles. The number of hydrogen-bond acceptors (Lipinski definition) is 7. The number of alkyl halides is 3. The average Bonchev–Trinajstić information content (AvgIpc) is 3.41.